The molecule has 8 nitrogen and oxygen atoms in total. The number of ether oxygens (including phenoxy) is 2. The highest BCUT2D eigenvalue weighted by Crippen LogP contribution is 2.23. The van der Waals surface area contributed by atoms with Gasteiger partial charge in [-0.25, -0.2) is 10.2 Å². The Bertz CT molecular complexity index is 1240. The molecule has 0 saturated heterocycles. The molecule has 0 fully saturated rings. The molecule has 0 aliphatic heterocycles. The Balaban J connectivity index is 1.59. The molecule has 0 radical (unpaired) electrons. The monoisotopic (exact) mass is 537 g/mol. The topological polar surface area (TPSA) is 106 Å². The maximum atomic E-state index is 12.6. The molecule has 2 amide bonds. The lowest BCUT2D eigenvalue weighted by molar-refractivity contribution is -0.120. The first-order valence-corrected chi connectivity index (χ1v) is 11.6. The molecule has 35 heavy (non-hydrogen) atoms. The average Bonchev–Trinajstić information content (AvgIpc) is 2.85. The molecule has 0 heterocycles. The molecule has 0 atom stereocenters. The molecule has 3 aromatic rings. The van der Waals surface area contributed by atoms with E-state index in [1.807, 2.05) is 26.0 Å². The van der Waals surface area contributed by atoms with E-state index in [-0.39, 0.29) is 18.2 Å². The highest BCUT2D eigenvalue weighted by molar-refractivity contribution is 9.10. The lowest BCUT2D eigenvalue weighted by Crippen LogP contribution is -2.35. The number of rotatable bonds is 9. The molecule has 0 aliphatic carbocycles. The van der Waals surface area contributed by atoms with E-state index in [0.717, 1.165) is 10.0 Å². The first kappa shape index (κ1) is 25.6. The number of carbonyl (C=O) groups excluding carboxylic acids is 3. The van der Waals surface area contributed by atoms with Gasteiger partial charge >= 0.3 is 5.97 Å². The summed E-state index contributed by atoms with van der Waals surface area (Å²) >= 11 is 3.37. The quantitative estimate of drug-likeness (QED) is 0.183. The second kappa shape index (κ2) is 12.5. The third kappa shape index (κ3) is 7.51. The minimum Gasteiger partial charge on any atom is -0.494 e. The van der Waals surface area contributed by atoms with Gasteiger partial charge in [0.05, 0.1) is 24.9 Å². The van der Waals surface area contributed by atoms with E-state index in [4.69, 9.17) is 9.47 Å². The van der Waals surface area contributed by atoms with E-state index >= 15 is 0 Å². The summed E-state index contributed by atoms with van der Waals surface area (Å²) in [5.41, 5.74) is 4.48. The number of esters is 1. The van der Waals surface area contributed by atoms with E-state index < -0.39 is 11.9 Å². The van der Waals surface area contributed by atoms with E-state index in [2.05, 4.69) is 31.8 Å². The fraction of sp³-hybridized carbons (Fsp3) is 0.154. The highest BCUT2D eigenvalue weighted by atomic mass is 79.9. The Kier molecular flexibility index (Phi) is 9.14. The number of hydrogen-bond donors (Lipinski definition) is 2. The fourth-order valence-electron chi connectivity index (χ4n) is 3.02. The third-order valence-corrected chi connectivity index (χ3v) is 5.26. The maximum Gasteiger partial charge on any atom is 0.343 e. The van der Waals surface area contributed by atoms with Gasteiger partial charge in [-0.1, -0.05) is 34.1 Å². The molecule has 0 unspecified atom stereocenters. The van der Waals surface area contributed by atoms with Gasteiger partial charge in [-0.15, -0.1) is 0 Å². The molecule has 3 aromatic carbocycles. The van der Waals surface area contributed by atoms with Gasteiger partial charge < -0.3 is 14.8 Å². The molecular weight excluding hydrogens is 514 g/mol. The summed E-state index contributed by atoms with van der Waals surface area (Å²) in [5, 5.41) is 6.47. The van der Waals surface area contributed by atoms with Crippen molar-refractivity contribution in [1.29, 1.82) is 0 Å². The summed E-state index contributed by atoms with van der Waals surface area (Å²) in [6.45, 7) is 3.98. The van der Waals surface area contributed by atoms with Crippen molar-refractivity contribution < 1.29 is 23.9 Å². The zero-order valence-electron chi connectivity index (χ0n) is 19.2. The van der Waals surface area contributed by atoms with Crippen molar-refractivity contribution in [2.75, 3.05) is 13.2 Å². The second-order valence-corrected chi connectivity index (χ2v) is 8.24. The minimum atomic E-state index is -0.548. The lowest BCUT2D eigenvalue weighted by atomic mass is 10.1. The minimum absolute atomic E-state index is 0.247. The molecule has 180 valence electrons. The summed E-state index contributed by atoms with van der Waals surface area (Å²) in [7, 11) is 0. The number of benzene rings is 3. The smallest absolute Gasteiger partial charge is 0.343 e. The molecule has 0 bridgehead atoms. The van der Waals surface area contributed by atoms with Gasteiger partial charge in [0.25, 0.3) is 11.8 Å². The molecule has 0 aromatic heterocycles. The van der Waals surface area contributed by atoms with Crippen LogP contribution in [0, 0.1) is 6.92 Å². The molecule has 9 heteroatoms. The van der Waals surface area contributed by atoms with E-state index in [0.29, 0.717) is 29.0 Å². The van der Waals surface area contributed by atoms with Crippen LogP contribution in [0.3, 0.4) is 0 Å². The van der Waals surface area contributed by atoms with Crippen molar-refractivity contribution in [3.05, 3.63) is 93.5 Å². The number of halogens is 1. The van der Waals surface area contributed by atoms with Gasteiger partial charge in [-0.3, -0.25) is 9.59 Å². The van der Waals surface area contributed by atoms with Gasteiger partial charge in [-0.05, 0) is 67.9 Å². The van der Waals surface area contributed by atoms with Crippen LogP contribution in [0.1, 0.15) is 38.8 Å². The van der Waals surface area contributed by atoms with Crippen molar-refractivity contribution in [2.24, 2.45) is 5.10 Å². The highest BCUT2D eigenvalue weighted by Gasteiger charge is 2.13. The largest absolute Gasteiger partial charge is 0.494 e. The molecule has 3 rings (SSSR count). The summed E-state index contributed by atoms with van der Waals surface area (Å²) in [6, 6.07) is 18.7. The zero-order valence-corrected chi connectivity index (χ0v) is 20.8. The molecule has 0 aliphatic rings. The predicted octanol–water partition coefficient (Wildman–Crippen LogP) is 4.26. The fourth-order valence-corrected chi connectivity index (χ4v) is 3.40. The van der Waals surface area contributed by atoms with Crippen LogP contribution in [0.25, 0.3) is 0 Å². The molecule has 0 spiro atoms. The predicted molar refractivity (Wildman–Crippen MR) is 136 cm³/mol. The molecular formula is C26H24BrN3O5. The number of nitrogens with one attached hydrogen (secondary N) is 2. The van der Waals surface area contributed by atoms with Gasteiger partial charge in [0.1, 0.15) is 11.5 Å². The van der Waals surface area contributed by atoms with Crippen LogP contribution in [0.2, 0.25) is 0 Å². The Hall–Kier alpha value is -3.98. The van der Waals surface area contributed by atoms with Crippen LogP contribution >= 0.6 is 15.9 Å². The lowest BCUT2D eigenvalue weighted by Gasteiger charge is -2.09. The van der Waals surface area contributed by atoms with Gasteiger partial charge in [-0.2, -0.15) is 5.10 Å². The van der Waals surface area contributed by atoms with Crippen molar-refractivity contribution in [3.8, 4) is 11.5 Å². The van der Waals surface area contributed by atoms with Gasteiger partial charge in [0, 0.05) is 15.6 Å². The average molecular weight is 538 g/mol. The van der Waals surface area contributed by atoms with Crippen molar-refractivity contribution in [1.82, 2.24) is 10.7 Å². The standard InChI is InChI=1S/C26H24BrN3O5/c1-3-34-21-11-8-18(9-12-21)26(33)35-23-13-10-20(27)14-19(23)15-29-30-24(31)16-28-25(32)22-7-5-4-6-17(22)2/h4-15H,3,16H2,1-2H3,(H,28,32)(H,30,31)/b29-15-. The van der Waals surface area contributed by atoms with Crippen LogP contribution in [0.4, 0.5) is 0 Å². The van der Waals surface area contributed by atoms with Crippen LogP contribution in [-0.2, 0) is 4.79 Å². The summed E-state index contributed by atoms with van der Waals surface area (Å²) in [4.78, 5) is 36.9. The number of hydrazone groups is 1. The van der Waals surface area contributed by atoms with Gasteiger partial charge in [0.15, 0.2) is 0 Å². The number of nitrogens with zero attached hydrogens (tertiary/aromatic N) is 1. The van der Waals surface area contributed by atoms with E-state index in [9.17, 15) is 14.4 Å². The van der Waals surface area contributed by atoms with Crippen molar-refractivity contribution in [2.45, 2.75) is 13.8 Å². The summed E-state index contributed by atoms with van der Waals surface area (Å²) in [6.07, 6.45) is 1.35. The van der Waals surface area contributed by atoms with Crippen molar-refractivity contribution in [3.63, 3.8) is 0 Å². The molecule has 0 saturated carbocycles. The van der Waals surface area contributed by atoms with Crippen molar-refractivity contribution >= 4 is 39.9 Å². The molecule has 2 N–H and O–H groups in total. The van der Waals surface area contributed by atoms with Crippen LogP contribution < -0.4 is 20.2 Å². The second-order valence-electron chi connectivity index (χ2n) is 7.32. The first-order chi connectivity index (χ1) is 16.9. The first-order valence-electron chi connectivity index (χ1n) is 10.8. The van der Waals surface area contributed by atoms with Crippen LogP contribution in [-0.4, -0.2) is 37.1 Å². The summed E-state index contributed by atoms with van der Waals surface area (Å²) in [5.74, 6) is -0.485. The third-order valence-electron chi connectivity index (χ3n) is 4.77. The van der Waals surface area contributed by atoms with E-state index in [1.54, 1.807) is 54.6 Å². The maximum absolute atomic E-state index is 12.6. The van der Waals surface area contributed by atoms with Crippen LogP contribution in [0.15, 0.2) is 76.3 Å². The Morgan fingerprint density at radius 2 is 1.77 bits per heavy atom. The zero-order chi connectivity index (χ0) is 25.2. The number of hydrogen-bond acceptors (Lipinski definition) is 6. The number of aryl methyl sites for hydroxylation is 1. The Labute approximate surface area is 211 Å². The van der Waals surface area contributed by atoms with Crippen LogP contribution in [0.5, 0.6) is 11.5 Å². The SMILES string of the molecule is CCOc1ccc(C(=O)Oc2ccc(Br)cc2/C=N\NC(=O)CNC(=O)c2ccccc2C)cc1. The van der Waals surface area contributed by atoms with E-state index in [1.165, 1.54) is 6.21 Å². The number of carbonyl (C=O) groups is 3. The summed E-state index contributed by atoms with van der Waals surface area (Å²) < 4.78 is 11.6. The van der Waals surface area contributed by atoms with Gasteiger partial charge in [0.2, 0.25) is 0 Å². The number of amides is 2. The normalized spacial score (nSPS) is 10.6. The Morgan fingerprint density at radius 3 is 2.49 bits per heavy atom. The Morgan fingerprint density at radius 1 is 1.03 bits per heavy atom.